The normalized spacial score (nSPS) is 15.4. The molecule has 0 saturated heterocycles. The number of hydrogen-bond donors (Lipinski definition) is 3. The van der Waals surface area contributed by atoms with Gasteiger partial charge in [0, 0.05) is 13.1 Å². The highest BCUT2D eigenvalue weighted by molar-refractivity contribution is 5.93. The van der Waals surface area contributed by atoms with Gasteiger partial charge in [-0.3, -0.25) is 9.59 Å². The highest BCUT2D eigenvalue weighted by Gasteiger charge is 2.44. The van der Waals surface area contributed by atoms with Crippen LogP contribution in [0.3, 0.4) is 0 Å². The summed E-state index contributed by atoms with van der Waals surface area (Å²) in [6.45, 7) is 2.03. The number of aliphatic carboxylic acids is 1. The monoisotopic (exact) mass is 347 g/mol. The number of amides is 3. The number of likely N-dealkylation sites (N-methyl/N-ethyl adjacent to an activating group) is 1. The zero-order valence-corrected chi connectivity index (χ0v) is 14.5. The molecule has 0 radical (unpaired) electrons. The molecule has 2 rings (SSSR count). The van der Waals surface area contributed by atoms with Crippen molar-refractivity contribution < 1.29 is 19.5 Å². The maximum Gasteiger partial charge on any atom is 0.323 e. The Labute approximate surface area is 147 Å². The van der Waals surface area contributed by atoms with E-state index in [-0.39, 0.29) is 12.5 Å². The second-order valence-electron chi connectivity index (χ2n) is 6.30. The predicted octanol–water partition coefficient (Wildman–Crippen LogP) is 1.73. The molecule has 25 heavy (non-hydrogen) atoms. The molecule has 1 aromatic carbocycles. The van der Waals surface area contributed by atoms with Crippen molar-refractivity contribution in [1.29, 1.82) is 0 Å². The van der Waals surface area contributed by atoms with E-state index in [0.29, 0.717) is 25.9 Å². The molecule has 0 atom stereocenters. The number of rotatable bonds is 7. The minimum Gasteiger partial charge on any atom is -0.480 e. The Morgan fingerprint density at radius 1 is 1.16 bits per heavy atom. The zero-order valence-electron chi connectivity index (χ0n) is 14.5. The van der Waals surface area contributed by atoms with Gasteiger partial charge in [-0.2, -0.15) is 0 Å². The number of carbonyl (C=O) groups excluding carboxylic acids is 2. The van der Waals surface area contributed by atoms with Crippen LogP contribution in [0, 0.1) is 0 Å². The largest absolute Gasteiger partial charge is 0.480 e. The summed E-state index contributed by atoms with van der Waals surface area (Å²) in [4.78, 5) is 37.4. The van der Waals surface area contributed by atoms with Gasteiger partial charge in [-0.25, -0.2) is 4.79 Å². The van der Waals surface area contributed by atoms with Crippen LogP contribution in [-0.2, 0) is 16.1 Å². The minimum atomic E-state index is -1.06. The van der Waals surface area contributed by atoms with E-state index in [0.717, 1.165) is 18.4 Å². The lowest BCUT2D eigenvalue weighted by atomic mass is 9.95. The number of hydrogen-bond acceptors (Lipinski definition) is 3. The average molecular weight is 347 g/mol. The number of urea groups is 1. The number of carbonyl (C=O) groups is 3. The van der Waals surface area contributed by atoms with Crippen LogP contribution in [0.2, 0.25) is 0 Å². The molecule has 3 amide bonds. The van der Waals surface area contributed by atoms with Crippen molar-refractivity contribution in [3.05, 3.63) is 35.9 Å². The first kappa shape index (κ1) is 18.8. The van der Waals surface area contributed by atoms with Crippen LogP contribution < -0.4 is 10.6 Å². The fourth-order valence-corrected chi connectivity index (χ4v) is 3.20. The Kier molecular flexibility index (Phi) is 6.38. The van der Waals surface area contributed by atoms with Gasteiger partial charge >= 0.3 is 12.0 Å². The third-order valence-electron chi connectivity index (χ3n) is 4.51. The van der Waals surface area contributed by atoms with Crippen molar-refractivity contribution in [2.24, 2.45) is 0 Å². The quantitative estimate of drug-likeness (QED) is 0.699. The second-order valence-corrected chi connectivity index (χ2v) is 6.30. The van der Waals surface area contributed by atoms with Gasteiger partial charge in [-0.05, 0) is 25.3 Å². The van der Waals surface area contributed by atoms with Crippen LogP contribution >= 0.6 is 0 Å². The lowest BCUT2D eigenvalue weighted by Gasteiger charge is -2.34. The smallest absolute Gasteiger partial charge is 0.323 e. The third-order valence-corrected chi connectivity index (χ3v) is 4.51. The SMILES string of the molecule is CCN(CC(=O)O)C(=O)C1(NC(=O)NCc2ccccc2)CCCC1. The molecular weight excluding hydrogens is 322 g/mol. The first-order chi connectivity index (χ1) is 12.0. The fraction of sp³-hybridized carbons (Fsp3) is 0.500. The number of carboxylic acids is 1. The molecule has 3 N–H and O–H groups in total. The van der Waals surface area contributed by atoms with E-state index in [1.54, 1.807) is 6.92 Å². The summed E-state index contributed by atoms with van der Waals surface area (Å²) in [5.74, 6) is -1.37. The van der Waals surface area contributed by atoms with Gasteiger partial charge < -0.3 is 20.6 Å². The average Bonchev–Trinajstić information content (AvgIpc) is 3.07. The molecule has 7 heteroatoms. The lowest BCUT2D eigenvalue weighted by molar-refractivity contribution is -0.147. The summed E-state index contributed by atoms with van der Waals surface area (Å²) in [5, 5.41) is 14.6. The highest BCUT2D eigenvalue weighted by Crippen LogP contribution is 2.31. The molecule has 7 nitrogen and oxygen atoms in total. The van der Waals surface area contributed by atoms with Gasteiger partial charge in [0.2, 0.25) is 5.91 Å². The number of benzene rings is 1. The summed E-state index contributed by atoms with van der Waals surface area (Å²) >= 11 is 0. The van der Waals surface area contributed by atoms with Crippen molar-refractivity contribution in [3.8, 4) is 0 Å². The molecule has 0 aliphatic heterocycles. The fourth-order valence-electron chi connectivity index (χ4n) is 3.20. The predicted molar refractivity (Wildman–Crippen MR) is 92.9 cm³/mol. The van der Waals surface area contributed by atoms with Gasteiger partial charge in [0.1, 0.15) is 12.1 Å². The number of nitrogens with one attached hydrogen (secondary N) is 2. The van der Waals surface area contributed by atoms with E-state index in [1.807, 2.05) is 30.3 Å². The molecule has 0 aromatic heterocycles. The molecule has 1 aliphatic rings. The molecule has 1 saturated carbocycles. The third kappa shape index (κ3) is 4.95. The summed E-state index contributed by atoms with van der Waals surface area (Å²) < 4.78 is 0. The molecule has 0 heterocycles. The van der Waals surface area contributed by atoms with E-state index in [2.05, 4.69) is 10.6 Å². The van der Waals surface area contributed by atoms with E-state index in [1.165, 1.54) is 4.90 Å². The van der Waals surface area contributed by atoms with Crippen molar-refractivity contribution in [3.63, 3.8) is 0 Å². The molecule has 0 bridgehead atoms. The summed E-state index contributed by atoms with van der Waals surface area (Å²) in [6, 6.07) is 9.08. The zero-order chi connectivity index (χ0) is 18.3. The van der Waals surface area contributed by atoms with Gasteiger partial charge in [0.15, 0.2) is 0 Å². The van der Waals surface area contributed by atoms with Crippen LogP contribution in [0.4, 0.5) is 4.79 Å². The van der Waals surface area contributed by atoms with Crippen LogP contribution in [-0.4, -0.2) is 46.5 Å². The van der Waals surface area contributed by atoms with Crippen molar-refractivity contribution in [2.45, 2.75) is 44.7 Å². The molecule has 136 valence electrons. The Balaban J connectivity index is 2.02. The molecule has 0 spiro atoms. The topological polar surface area (TPSA) is 98.7 Å². The first-order valence-corrected chi connectivity index (χ1v) is 8.58. The number of nitrogens with zero attached hydrogens (tertiary/aromatic N) is 1. The van der Waals surface area contributed by atoms with Crippen molar-refractivity contribution in [2.75, 3.05) is 13.1 Å². The van der Waals surface area contributed by atoms with Gasteiger partial charge in [-0.1, -0.05) is 43.2 Å². The molecule has 0 unspecified atom stereocenters. The van der Waals surface area contributed by atoms with Crippen molar-refractivity contribution in [1.82, 2.24) is 15.5 Å². The minimum absolute atomic E-state index is 0.292. The van der Waals surface area contributed by atoms with Crippen LogP contribution in [0.25, 0.3) is 0 Å². The van der Waals surface area contributed by atoms with Crippen LogP contribution in [0.5, 0.6) is 0 Å². The summed E-state index contributed by atoms with van der Waals surface area (Å²) in [7, 11) is 0. The van der Waals surface area contributed by atoms with Crippen LogP contribution in [0.15, 0.2) is 30.3 Å². The Morgan fingerprint density at radius 2 is 1.80 bits per heavy atom. The standard InChI is InChI=1S/C18H25N3O4/c1-2-21(13-15(22)23)16(24)18(10-6-7-11-18)20-17(25)19-12-14-8-4-3-5-9-14/h3-5,8-9H,2,6-7,10-13H2,1H3,(H,22,23)(H2,19,20,25). The van der Waals surface area contributed by atoms with Gasteiger partial charge in [0.25, 0.3) is 0 Å². The van der Waals surface area contributed by atoms with E-state index in [4.69, 9.17) is 5.11 Å². The van der Waals surface area contributed by atoms with E-state index < -0.39 is 17.5 Å². The molecule has 1 fully saturated rings. The summed E-state index contributed by atoms with van der Waals surface area (Å²) in [5.41, 5.74) is -0.0443. The van der Waals surface area contributed by atoms with Crippen molar-refractivity contribution >= 4 is 17.9 Å². The molecule has 1 aromatic rings. The van der Waals surface area contributed by atoms with Gasteiger partial charge in [-0.15, -0.1) is 0 Å². The Morgan fingerprint density at radius 3 is 2.36 bits per heavy atom. The van der Waals surface area contributed by atoms with E-state index >= 15 is 0 Å². The van der Waals surface area contributed by atoms with E-state index in [9.17, 15) is 14.4 Å². The second kappa shape index (κ2) is 8.50. The molecular formula is C18H25N3O4. The highest BCUT2D eigenvalue weighted by atomic mass is 16.4. The maximum atomic E-state index is 12.9. The molecule has 1 aliphatic carbocycles. The van der Waals surface area contributed by atoms with Crippen LogP contribution in [0.1, 0.15) is 38.2 Å². The summed E-state index contributed by atoms with van der Waals surface area (Å²) in [6.07, 6.45) is 2.71. The first-order valence-electron chi connectivity index (χ1n) is 8.58. The number of carboxylic acid groups (broad SMARTS) is 1. The maximum absolute atomic E-state index is 12.9. The van der Waals surface area contributed by atoms with Gasteiger partial charge in [0.05, 0.1) is 0 Å². The Bertz CT molecular complexity index is 612. The lowest BCUT2D eigenvalue weighted by Crippen LogP contribution is -2.60. The Hall–Kier alpha value is -2.57.